The van der Waals surface area contributed by atoms with E-state index in [4.69, 9.17) is 33.9 Å². The van der Waals surface area contributed by atoms with Crippen molar-refractivity contribution in [3.63, 3.8) is 0 Å². The Bertz CT molecular complexity index is 1600. The third-order valence-electron chi connectivity index (χ3n) is 6.78. The van der Waals surface area contributed by atoms with Gasteiger partial charge in [0.25, 0.3) is 0 Å². The summed E-state index contributed by atoms with van der Waals surface area (Å²) in [6.07, 6.45) is -0.223. The third-order valence-corrected chi connectivity index (χ3v) is 9.96. The van der Waals surface area contributed by atoms with Crippen LogP contribution in [0.5, 0.6) is 11.5 Å². The largest absolute Gasteiger partial charge is 0.508 e. The summed E-state index contributed by atoms with van der Waals surface area (Å²) in [5, 5.41) is 17.8. The zero-order valence-electron chi connectivity index (χ0n) is 29.6. The number of aliphatic hydroxyl groups is 1. The molecule has 0 spiro atoms. The number of carbonyl (C=O) groups excluding carboxylic acids is 2. The summed E-state index contributed by atoms with van der Waals surface area (Å²) in [7, 11) is 0. The fourth-order valence-electron chi connectivity index (χ4n) is 4.29. The Balaban J connectivity index is 0.000000297. The summed E-state index contributed by atoms with van der Waals surface area (Å²) in [6.45, 7) is 13.3. The fraction of sp³-hybridized carbons (Fsp3) is 0.444. The van der Waals surface area contributed by atoms with E-state index in [0.29, 0.717) is 45.9 Å². The molecule has 0 aliphatic carbocycles. The van der Waals surface area contributed by atoms with Gasteiger partial charge in [-0.25, -0.2) is 19.6 Å². The summed E-state index contributed by atoms with van der Waals surface area (Å²) >= 11 is 9.64. The number of esters is 2. The average Bonchev–Trinajstić information content (AvgIpc) is 3.62. The van der Waals surface area contributed by atoms with Crippen molar-refractivity contribution in [2.75, 3.05) is 26.4 Å². The Morgan fingerprint density at radius 3 is 1.49 bits per heavy atom. The normalized spacial score (nSPS) is 11.7. The van der Waals surface area contributed by atoms with Gasteiger partial charge in [0.05, 0.1) is 41.0 Å². The van der Waals surface area contributed by atoms with Gasteiger partial charge in [-0.1, -0.05) is 24.3 Å². The first kappa shape index (κ1) is 44.2. The first-order chi connectivity index (χ1) is 24.4. The average molecular weight is 875 g/mol. The highest BCUT2D eigenvalue weighted by Gasteiger charge is 2.21. The van der Waals surface area contributed by atoms with Crippen LogP contribution in [0.3, 0.4) is 0 Å². The maximum absolute atomic E-state index is 11.9. The number of rotatable bonds is 16. The lowest BCUT2D eigenvalue weighted by Crippen LogP contribution is -2.28. The predicted octanol–water partition coefficient (Wildman–Crippen LogP) is 7.91. The first-order valence-electron chi connectivity index (χ1n) is 16.3. The smallest absolute Gasteiger partial charge is 0.335 e. The molecule has 0 aliphatic rings. The van der Waals surface area contributed by atoms with Gasteiger partial charge in [0.2, 0.25) is 0 Å². The van der Waals surface area contributed by atoms with Gasteiger partial charge in [0.1, 0.15) is 18.1 Å². The molecule has 0 amide bonds. The minimum Gasteiger partial charge on any atom is -0.508 e. The van der Waals surface area contributed by atoms with Crippen LogP contribution in [0.2, 0.25) is 0 Å². The summed E-state index contributed by atoms with van der Waals surface area (Å²) < 4.78 is 28.3. The second-order valence-electron chi connectivity index (χ2n) is 10.5. The van der Waals surface area contributed by atoms with Crippen LogP contribution in [0.4, 0.5) is 0 Å². The number of aromatic nitrogens is 2. The Hall–Kier alpha value is -2.92. The molecule has 0 aliphatic heterocycles. The molecular formula is C36H46Br2N2O9S2. The van der Waals surface area contributed by atoms with Gasteiger partial charge in [-0.05, 0) is 109 Å². The molecule has 2 aromatic carbocycles. The van der Waals surface area contributed by atoms with E-state index in [-0.39, 0.29) is 24.3 Å². The van der Waals surface area contributed by atoms with Crippen molar-refractivity contribution in [3.05, 3.63) is 88.6 Å². The number of hydrogen-bond acceptors (Lipinski definition) is 13. The molecule has 0 unspecified atom stereocenters. The Kier molecular flexibility index (Phi) is 21.1. The second-order valence-corrected chi connectivity index (χ2v) is 15.2. The first-order valence-corrected chi connectivity index (χ1v) is 19.6. The number of aryl methyl sites for hydroxylation is 2. The molecule has 2 aromatic heterocycles. The van der Waals surface area contributed by atoms with E-state index in [1.807, 2.05) is 52.0 Å². The van der Waals surface area contributed by atoms with Crippen molar-refractivity contribution < 1.29 is 43.5 Å². The van der Waals surface area contributed by atoms with Crippen LogP contribution in [0.25, 0.3) is 0 Å². The molecule has 2 atom stereocenters. The second kappa shape index (κ2) is 24.3. The van der Waals surface area contributed by atoms with Crippen molar-refractivity contribution in [2.24, 2.45) is 0 Å². The molecule has 2 heterocycles. The Morgan fingerprint density at radius 2 is 1.14 bits per heavy atom. The summed E-state index contributed by atoms with van der Waals surface area (Å²) in [4.78, 5) is 33.9. The molecular weight excluding hydrogens is 828 g/mol. The molecule has 15 heteroatoms. The van der Waals surface area contributed by atoms with Gasteiger partial charge in [0.15, 0.2) is 20.0 Å². The predicted molar refractivity (Wildman–Crippen MR) is 205 cm³/mol. The van der Waals surface area contributed by atoms with Crippen LogP contribution in [-0.4, -0.2) is 70.8 Å². The molecule has 0 saturated carbocycles. The van der Waals surface area contributed by atoms with Crippen molar-refractivity contribution in [2.45, 2.75) is 79.8 Å². The number of carbonyl (C=O) groups is 2. The van der Waals surface area contributed by atoms with E-state index in [1.54, 1.807) is 49.4 Å². The van der Waals surface area contributed by atoms with E-state index in [9.17, 15) is 9.59 Å². The van der Waals surface area contributed by atoms with Crippen molar-refractivity contribution in [1.29, 1.82) is 0 Å². The fourth-order valence-corrected chi connectivity index (χ4v) is 7.34. The van der Waals surface area contributed by atoms with Crippen LogP contribution in [0, 0.1) is 13.8 Å². The minimum absolute atomic E-state index is 0.0924. The van der Waals surface area contributed by atoms with Crippen LogP contribution in [-0.2, 0) is 54.6 Å². The van der Waals surface area contributed by atoms with Gasteiger partial charge < -0.3 is 33.9 Å². The van der Waals surface area contributed by atoms with Crippen LogP contribution < -0.4 is 4.74 Å². The highest BCUT2D eigenvalue weighted by Crippen LogP contribution is 2.25. The van der Waals surface area contributed by atoms with Crippen molar-refractivity contribution >= 4 is 66.5 Å². The molecule has 4 aromatic rings. The third kappa shape index (κ3) is 16.5. The zero-order chi connectivity index (χ0) is 37.8. The number of aliphatic hydroxyl groups excluding tert-OH is 1. The van der Waals surface area contributed by atoms with Crippen LogP contribution in [0.1, 0.15) is 60.0 Å². The number of phenolic OH excluding ortho intramolecular Hbond substituents is 1. The van der Waals surface area contributed by atoms with Crippen molar-refractivity contribution in [1.82, 2.24) is 9.97 Å². The van der Waals surface area contributed by atoms with Crippen LogP contribution in [0.15, 0.2) is 56.4 Å². The molecule has 0 saturated heterocycles. The molecule has 0 radical (unpaired) electrons. The zero-order valence-corrected chi connectivity index (χ0v) is 34.5. The summed E-state index contributed by atoms with van der Waals surface area (Å²) in [5.41, 5.74) is 3.81. The number of nitrogens with zero attached hydrogens (tertiary/aromatic N) is 2. The number of hydrogen-bond donors (Lipinski definition) is 2. The maximum Gasteiger partial charge on any atom is 0.335 e. The highest BCUT2D eigenvalue weighted by molar-refractivity contribution is 9.11. The molecule has 0 bridgehead atoms. The lowest BCUT2D eigenvalue weighted by Gasteiger charge is -2.15. The maximum atomic E-state index is 11.9. The lowest BCUT2D eigenvalue weighted by atomic mass is 10.1. The Morgan fingerprint density at radius 1 is 0.706 bits per heavy atom. The number of thiazole rings is 2. The molecule has 4 rings (SSSR count). The van der Waals surface area contributed by atoms with Gasteiger partial charge >= 0.3 is 11.9 Å². The quantitative estimate of drug-likeness (QED) is 0.106. The minimum atomic E-state index is -0.579. The standard InChI is InChI=1S/C18H22BrNO4S.C13H18O4.C5H6BrNOS/c1-4-22-15(17(21)23-5-2)10-13-6-8-14(9-7-13)24-11-16-12(3)20-18(19)25-16;1-3-16-12(13(15)17-4-2)9-10-5-7-11(14)8-6-10;1-3-4(2-8)9-5(6)7-3/h6-9,15H,4-5,10-11H2,1-3H3;5-8,12,14H,3-4,9H2,1-2H3;8H,2H2,1H3/t15-;12-;/m11./s1. The van der Waals surface area contributed by atoms with E-state index in [0.717, 1.165) is 45.9 Å². The van der Waals surface area contributed by atoms with E-state index in [1.165, 1.54) is 11.3 Å². The van der Waals surface area contributed by atoms with Crippen LogP contribution >= 0.6 is 54.5 Å². The van der Waals surface area contributed by atoms with Crippen molar-refractivity contribution in [3.8, 4) is 11.5 Å². The highest BCUT2D eigenvalue weighted by atomic mass is 79.9. The van der Waals surface area contributed by atoms with E-state index in [2.05, 4.69) is 41.8 Å². The molecule has 280 valence electrons. The summed E-state index contributed by atoms with van der Waals surface area (Å²) in [6, 6.07) is 14.4. The SMILES string of the molecule is CCOC(=O)[C@@H](Cc1ccc(O)cc1)OCC.CCOC(=O)[C@@H](Cc1ccc(OCc2sc(Br)nc2C)cc1)OCC.Cc1nc(Br)sc1CO. The van der Waals surface area contributed by atoms with E-state index >= 15 is 0 Å². The number of phenols is 1. The van der Waals surface area contributed by atoms with E-state index < -0.39 is 12.2 Å². The molecule has 11 nitrogen and oxygen atoms in total. The van der Waals surface area contributed by atoms with Gasteiger partial charge in [0, 0.05) is 26.1 Å². The Labute approximate surface area is 324 Å². The number of benzene rings is 2. The number of aromatic hydroxyl groups is 1. The van der Waals surface area contributed by atoms with Gasteiger partial charge in [-0.2, -0.15) is 0 Å². The topological polar surface area (TPSA) is 147 Å². The molecule has 0 fully saturated rings. The number of halogens is 2. The van der Waals surface area contributed by atoms with Gasteiger partial charge in [-0.3, -0.25) is 0 Å². The molecule has 51 heavy (non-hydrogen) atoms. The summed E-state index contributed by atoms with van der Waals surface area (Å²) in [5.74, 6) is 0.313. The molecule has 2 N–H and O–H groups in total. The number of ether oxygens (including phenoxy) is 5. The van der Waals surface area contributed by atoms with Gasteiger partial charge in [-0.15, -0.1) is 22.7 Å². The lowest BCUT2D eigenvalue weighted by molar-refractivity contribution is -0.157. The monoisotopic (exact) mass is 872 g/mol.